The molecule has 0 radical (unpaired) electrons. The predicted molar refractivity (Wildman–Crippen MR) is 78.7 cm³/mol. The highest BCUT2D eigenvalue weighted by atomic mass is 32.1. The molecule has 1 aromatic carbocycles. The Balaban J connectivity index is 1.81. The molecule has 0 spiro atoms. The highest BCUT2D eigenvalue weighted by Crippen LogP contribution is 2.18. The average molecular weight is 261 g/mol. The molecule has 3 heteroatoms. The lowest BCUT2D eigenvalue weighted by atomic mass is 10.3. The Labute approximate surface area is 113 Å². The molecule has 2 rings (SSSR count). The second-order valence-corrected chi connectivity index (χ2v) is 5.16. The number of anilines is 1. The maximum atomic E-state index is 5.61. The van der Waals surface area contributed by atoms with Crippen LogP contribution in [0.15, 0.2) is 41.8 Å². The van der Waals surface area contributed by atoms with E-state index in [-0.39, 0.29) is 0 Å². The molecule has 0 unspecified atom stereocenters. The van der Waals surface area contributed by atoms with Crippen molar-refractivity contribution in [3.8, 4) is 5.75 Å². The van der Waals surface area contributed by atoms with Gasteiger partial charge in [0.25, 0.3) is 0 Å². The fourth-order valence-electron chi connectivity index (χ4n) is 1.70. The normalized spacial score (nSPS) is 10.3. The quantitative estimate of drug-likeness (QED) is 0.807. The standard InChI is InChI=1S/C15H19NOS/c1-2-10-17-14-6-3-5-13(12-14)16-9-8-15-7-4-11-18-15/h3-7,11-12,16H,2,8-10H2,1H3. The van der Waals surface area contributed by atoms with Gasteiger partial charge in [-0.15, -0.1) is 11.3 Å². The third-order valence-corrected chi connectivity index (χ3v) is 3.52. The molecule has 0 aliphatic heterocycles. The number of hydrogen-bond donors (Lipinski definition) is 1. The number of benzene rings is 1. The van der Waals surface area contributed by atoms with Crippen LogP contribution in [0.4, 0.5) is 5.69 Å². The van der Waals surface area contributed by atoms with Gasteiger partial charge < -0.3 is 10.1 Å². The fourth-order valence-corrected chi connectivity index (χ4v) is 2.41. The Bertz CT molecular complexity index is 453. The smallest absolute Gasteiger partial charge is 0.121 e. The van der Waals surface area contributed by atoms with Gasteiger partial charge in [0.1, 0.15) is 5.75 Å². The summed E-state index contributed by atoms with van der Waals surface area (Å²) in [5.41, 5.74) is 1.13. The van der Waals surface area contributed by atoms with Crippen LogP contribution in [0.3, 0.4) is 0 Å². The largest absolute Gasteiger partial charge is 0.494 e. The first-order valence-electron chi connectivity index (χ1n) is 6.37. The lowest BCUT2D eigenvalue weighted by Gasteiger charge is -2.08. The summed E-state index contributed by atoms with van der Waals surface area (Å²) in [7, 11) is 0. The monoisotopic (exact) mass is 261 g/mol. The second kappa shape index (κ2) is 7.07. The number of nitrogens with one attached hydrogen (secondary N) is 1. The third kappa shape index (κ3) is 4.08. The van der Waals surface area contributed by atoms with Crippen LogP contribution in [0.25, 0.3) is 0 Å². The van der Waals surface area contributed by atoms with Crippen molar-refractivity contribution in [1.82, 2.24) is 0 Å². The van der Waals surface area contributed by atoms with Gasteiger partial charge in [0.15, 0.2) is 0 Å². The number of rotatable bonds is 7. The molecule has 0 fully saturated rings. The van der Waals surface area contributed by atoms with E-state index in [2.05, 4.69) is 41.9 Å². The van der Waals surface area contributed by atoms with E-state index in [4.69, 9.17) is 4.74 Å². The Kier molecular flexibility index (Phi) is 5.09. The Morgan fingerprint density at radius 3 is 2.94 bits per heavy atom. The lowest BCUT2D eigenvalue weighted by molar-refractivity contribution is 0.317. The van der Waals surface area contributed by atoms with Gasteiger partial charge in [-0.05, 0) is 36.4 Å². The molecule has 2 nitrogen and oxygen atoms in total. The molecule has 0 amide bonds. The topological polar surface area (TPSA) is 21.3 Å². The van der Waals surface area contributed by atoms with Crippen molar-refractivity contribution >= 4 is 17.0 Å². The highest BCUT2D eigenvalue weighted by molar-refractivity contribution is 7.09. The van der Waals surface area contributed by atoms with Crippen LogP contribution >= 0.6 is 11.3 Å². The summed E-state index contributed by atoms with van der Waals surface area (Å²) in [4.78, 5) is 1.42. The molecular formula is C15H19NOS. The maximum Gasteiger partial charge on any atom is 0.121 e. The molecular weight excluding hydrogens is 242 g/mol. The van der Waals surface area contributed by atoms with Crippen LogP contribution in [0.5, 0.6) is 5.75 Å². The van der Waals surface area contributed by atoms with E-state index >= 15 is 0 Å². The van der Waals surface area contributed by atoms with Crippen molar-refractivity contribution in [2.45, 2.75) is 19.8 Å². The van der Waals surface area contributed by atoms with Gasteiger partial charge in [-0.2, -0.15) is 0 Å². The van der Waals surface area contributed by atoms with E-state index in [1.54, 1.807) is 0 Å². The summed E-state index contributed by atoms with van der Waals surface area (Å²) in [6.07, 6.45) is 2.10. The van der Waals surface area contributed by atoms with Crippen molar-refractivity contribution in [1.29, 1.82) is 0 Å². The van der Waals surface area contributed by atoms with E-state index in [1.165, 1.54) is 4.88 Å². The number of ether oxygens (including phenoxy) is 1. The van der Waals surface area contributed by atoms with Crippen LogP contribution in [0.1, 0.15) is 18.2 Å². The summed E-state index contributed by atoms with van der Waals surface area (Å²) in [6.45, 7) is 3.85. The van der Waals surface area contributed by atoms with Crippen LogP contribution in [0.2, 0.25) is 0 Å². The molecule has 0 saturated carbocycles. The molecule has 0 aliphatic rings. The zero-order chi connectivity index (χ0) is 12.6. The molecule has 0 saturated heterocycles. The van der Waals surface area contributed by atoms with Crippen LogP contribution in [-0.2, 0) is 6.42 Å². The number of thiophene rings is 1. The van der Waals surface area contributed by atoms with E-state index in [0.29, 0.717) is 0 Å². The Hall–Kier alpha value is -1.48. The maximum absolute atomic E-state index is 5.61. The molecule has 1 aromatic heterocycles. The van der Waals surface area contributed by atoms with Crippen molar-refractivity contribution in [3.63, 3.8) is 0 Å². The third-order valence-electron chi connectivity index (χ3n) is 2.59. The summed E-state index contributed by atoms with van der Waals surface area (Å²) in [5, 5.41) is 5.55. The minimum absolute atomic E-state index is 0.776. The minimum Gasteiger partial charge on any atom is -0.494 e. The Morgan fingerprint density at radius 1 is 1.22 bits per heavy atom. The summed E-state index contributed by atoms with van der Waals surface area (Å²) >= 11 is 1.81. The predicted octanol–water partition coefficient (Wildman–Crippen LogP) is 4.19. The lowest BCUT2D eigenvalue weighted by Crippen LogP contribution is -2.04. The molecule has 18 heavy (non-hydrogen) atoms. The van der Waals surface area contributed by atoms with Crippen molar-refractivity contribution in [3.05, 3.63) is 46.7 Å². The van der Waals surface area contributed by atoms with Gasteiger partial charge in [-0.25, -0.2) is 0 Å². The zero-order valence-electron chi connectivity index (χ0n) is 10.7. The SMILES string of the molecule is CCCOc1cccc(NCCc2cccs2)c1. The molecule has 0 atom stereocenters. The van der Waals surface area contributed by atoms with Crippen molar-refractivity contribution in [2.24, 2.45) is 0 Å². The summed E-state index contributed by atoms with van der Waals surface area (Å²) in [5.74, 6) is 0.943. The van der Waals surface area contributed by atoms with Crippen LogP contribution < -0.4 is 10.1 Å². The average Bonchev–Trinajstić information content (AvgIpc) is 2.90. The summed E-state index contributed by atoms with van der Waals surface area (Å²) in [6, 6.07) is 12.4. The van der Waals surface area contributed by atoms with Crippen LogP contribution in [0, 0.1) is 0 Å². The van der Waals surface area contributed by atoms with Gasteiger partial charge >= 0.3 is 0 Å². The molecule has 2 aromatic rings. The molecule has 0 bridgehead atoms. The number of hydrogen-bond acceptors (Lipinski definition) is 3. The Morgan fingerprint density at radius 2 is 2.17 bits per heavy atom. The van der Waals surface area contributed by atoms with Crippen molar-refractivity contribution in [2.75, 3.05) is 18.5 Å². The van der Waals surface area contributed by atoms with Gasteiger partial charge in [-0.3, -0.25) is 0 Å². The molecule has 1 N–H and O–H groups in total. The molecule has 96 valence electrons. The van der Waals surface area contributed by atoms with Gasteiger partial charge in [0.2, 0.25) is 0 Å². The van der Waals surface area contributed by atoms with Gasteiger partial charge in [0, 0.05) is 23.2 Å². The second-order valence-electron chi connectivity index (χ2n) is 4.13. The first-order chi connectivity index (χ1) is 8.88. The molecule has 1 heterocycles. The first kappa shape index (κ1) is 13.0. The van der Waals surface area contributed by atoms with E-state index in [0.717, 1.165) is 37.4 Å². The zero-order valence-corrected chi connectivity index (χ0v) is 11.5. The highest BCUT2D eigenvalue weighted by Gasteiger charge is 1.97. The van der Waals surface area contributed by atoms with Crippen LogP contribution in [-0.4, -0.2) is 13.2 Å². The van der Waals surface area contributed by atoms with Crippen molar-refractivity contribution < 1.29 is 4.74 Å². The molecule has 0 aliphatic carbocycles. The van der Waals surface area contributed by atoms with Gasteiger partial charge in [0.05, 0.1) is 6.61 Å². The van der Waals surface area contributed by atoms with Gasteiger partial charge in [-0.1, -0.05) is 19.1 Å². The van der Waals surface area contributed by atoms with E-state index < -0.39 is 0 Å². The summed E-state index contributed by atoms with van der Waals surface area (Å²) < 4.78 is 5.61. The minimum atomic E-state index is 0.776. The fraction of sp³-hybridized carbons (Fsp3) is 0.333. The van der Waals surface area contributed by atoms with E-state index in [9.17, 15) is 0 Å². The van der Waals surface area contributed by atoms with E-state index in [1.807, 2.05) is 23.5 Å². The first-order valence-corrected chi connectivity index (χ1v) is 7.25.